The first kappa shape index (κ1) is 22.3. The third-order valence-electron chi connectivity index (χ3n) is 5.78. The van der Waals surface area contributed by atoms with Gasteiger partial charge in [-0.1, -0.05) is 36.4 Å². The van der Waals surface area contributed by atoms with Gasteiger partial charge in [-0.15, -0.1) is 12.4 Å². The zero-order chi connectivity index (χ0) is 22.6. The van der Waals surface area contributed by atoms with E-state index < -0.39 is 11.8 Å². The van der Waals surface area contributed by atoms with Crippen LogP contribution < -0.4 is 10.2 Å². The van der Waals surface area contributed by atoms with Gasteiger partial charge in [0.05, 0.1) is 16.7 Å². The smallest absolute Gasteiger partial charge is 0.411 e. The maximum atomic E-state index is 13.5. The lowest BCUT2D eigenvalue weighted by Crippen LogP contribution is -2.45. The van der Waals surface area contributed by atoms with Crippen LogP contribution in [0.2, 0.25) is 0 Å². The molecule has 0 spiro atoms. The van der Waals surface area contributed by atoms with Gasteiger partial charge in [0.25, 0.3) is 5.91 Å². The van der Waals surface area contributed by atoms with Crippen LogP contribution in [0.5, 0.6) is 0 Å². The Labute approximate surface area is 195 Å². The summed E-state index contributed by atoms with van der Waals surface area (Å²) < 4.78 is 0. The molecule has 0 saturated heterocycles. The van der Waals surface area contributed by atoms with Gasteiger partial charge < -0.3 is 15.2 Å². The van der Waals surface area contributed by atoms with Crippen molar-refractivity contribution in [2.45, 2.75) is 19.6 Å². The van der Waals surface area contributed by atoms with Gasteiger partial charge in [-0.05, 0) is 49.2 Å². The third-order valence-corrected chi connectivity index (χ3v) is 5.78. The number of benzene rings is 3. The Bertz CT molecular complexity index is 1420. The number of fused-ring (bicyclic) bond motifs is 2. The highest BCUT2D eigenvalue weighted by molar-refractivity contribution is 6.13. The molecule has 1 aromatic heterocycles. The van der Waals surface area contributed by atoms with Gasteiger partial charge in [0.2, 0.25) is 5.95 Å². The fraction of sp³-hybridized carbons (Fsp3) is 0.125. The van der Waals surface area contributed by atoms with E-state index >= 15 is 0 Å². The predicted molar refractivity (Wildman–Crippen MR) is 127 cm³/mol. The van der Waals surface area contributed by atoms with Gasteiger partial charge in [0, 0.05) is 16.7 Å². The summed E-state index contributed by atoms with van der Waals surface area (Å²) >= 11 is 0. The fourth-order valence-electron chi connectivity index (χ4n) is 4.28. The van der Waals surface area contributed by atoms with Crippen LogP contribution in [-0.4, -0.2) is 32.2 Å². The number of nitrogens with one attached hydrogen (secondary N) is 2. The van der Waals surface area contributed by atoms with Gasteiger partial charge in [0.15, 0.2) is 5.72 Å². The molecule has 9 heteroatoms. The fourth-order valence-corrected chi connectivity index (χ4v) is 4.28. The number of carbonyl (C=O) groups excluding carboxylic acids is 1. The van der Waals surface area contributed by atoms with Crippen LogP contribution in [0.3, 0.4) is 0 Å². The first-order chi connectivity index (χ1) is 15.3. The van der Waals surface area contributed by atoms with Crippen LogP contribution >= 0.6 is 12.4 Å². The lowest BCUT2D eigenvalue weighted by atomic mass is 9.93. The molecular weight excluding hydrogens is 444 g/mol. The standard InChI is InChI=1S/C24H20N4O4.ClH/c1-13-7-8-14(2)20(11-13)28-21(29)16-5-3-4-6-17(16)24(28,32)15-9-10-18-19(12-15)26-22(25-18)27-23(30)31;/h3-12,32H,1-2H3,(H,30,31)(H2,25,26,27);1H. The van der Waals surface area contributed by atoms with Crippen molar-refractivity contribution in [3.63, 3.8) is 0 Å². The monoisotopic (exact) mass is 464 g/mol. The number of anilines is 2. The van der Waals surface area contributed by atoms with Crippen molar-refractivity contribution in [2.24, 2.45) is 0 Å². The molecule has 2 heterocycles. The SMILES string of the molecule is Cc1ccc(C)c(N2C(=O)c3ccccc3C2(O)c2ccc3nc(NC(=O)O)[nH]c3c2)c1.Cl. The van der Waals surface area contributed by atoms with E-state index in [1.165, 1.54) is 4.90 Å². The lowest BCUT2D eigenvalue weighted by molar-refractivity contribution is 0.0703. The zero-order valence-corrected chi connectivity index (χ0v) is 18.6. The summed E-state index contributed by atoms with van der Waals surface area (Å²) in [4.78, 5) is 33.0. The minimum atomic E-state index is -1.76. The van der Waals surface area contributed by atoms with Gasteiger partial charge >= 0.3 is 6.09 Å². The second-order valence-corrected chi connectivity index (χ2v) is 7.90. The maximum Gasteiger partial charge on any atom is 0.411 e. The molecule has 168 valence electrons. The Morgan fingerprint density at radius 1 is 1.09 bits per heavy atom. The first-order valence-corrected chi connectivity index (χ1v) is 10.0. The Balaban J connectivity index is 0.00000259. The number of hydrogen-bond donors (Lipinski definition) is 4. The molecule has 5 rings (SSSR count). The summed E-state index contributed by atoms with van der Waals surface area (Å²) in [5.74, 6) is -0.222. The summed E-state index contributed by atoms with van der Waals surface area (Å²) in [5, 5.41) is 23.3. The Kier molecular flexibility index (Phi) is 5.35. The van der Waals surface area contributed by atoms with Crippen molar-refractivity contribution in [1.29, 1.82) is 0 Å². The zero-order valence-electron chi connectivity index (χ0n) is 17.8. The number of aromatic nitrogens is 2. The number of aryl methyl sites for hydroxylation is 2. The summed E-state index contributed by atoms with van der Waals surface area (Å²) in [7, 11) is 0. The topological polar surface area (TPSA) is 119 Å². The number of carbonyl (C=O) groups is 2. The van der Waals surface area contributed by atoms with Crippen LogP contribution in [-0.2, 0) is 5.72 Å². The molecule has 1 aliphatic rings. The average molecular weight is 465 g/mol. The van der Waals surface area contributed by atoms with E-state index in [-0.39, 0.29) is 24.3 Å². The molecule has 1 aliphatic heterocycles. The van der Waals surface area contributed by atoms with Crippen LogP contribution in [0.1, 0.15) is 32.6 Å². The molecule has 0 radical (unpaired) electrons. The molecule has 3 aromatic carbocycles. The van der Waals surface area contributed by atoms with Crippen LogP contribution in [0.15, 0.2) is 60.7 Å². The highest BCUT2D eigenvalue weighted by atomic mass is 35.5. The largest absolute Gasteiger partial charge is 0.465 e. The second-order valence-electron chi connectivity index (χ2n) is 7.90. The first-order valence-electron chi connectivity index (χ1n) is 10.0. The van der Waals surface area contributed by atoms with Crippen molar-refractivity contribution in [3.8, 4) is 0 Å². The van der Waals surface area contributed by atoms with Crippen molar-refractivity contribution in [1.82, 2.24) is 9.97 Å². The van der Waals surface area contributed by atoms with Crippen molar-refractivity contribution >= 4 is 47.1 Å². The van der Waals surface area contributed by atoms with E-state index in [1.807, 2.05) is 32.0 Å². The van der Waals surface area contributed by atoms with Crippen LogP contribution in [0.4, 0.5) is 16.4 Å². The van der Waals surface area contributed by atoms with Gasteiger partial charge in [0.1, 0.15) is 0 Å². The van der Waals surface area contributed by atoms with Crippen molar-refractivity contribution in [2.75, 3.05) is 10.2 Å². The molecule has 0 saturated carbocycles. The van der Waals surface area contributed by atoms with E-state index in [0.29, 0.717) is 33.4 Å². The molecule has 0 aliphatic carbocycles. The molecule has 33 heavy (non-hydrogen) atoms. The maximum absolute atomic E-state index is 13.5. The molecule has 1 atom stereocenters. The quantitative estimate of drug-likeness (QED) is 0.355. The summed E-state index contributed by atoms with van der Waals surface area (Å²) in [6.45, 7) is 3.83. The molecular formula is C24H21ClN4O4. The normalized spacial score (nSPS) is 17.1. The van der Waals surface area contributed by atoms with E-state index in [4.69, 9.17) is 5.11 Å². The molecule has 2 amide bonds. The van der Waals surface area contributed by atoms with Crippen LogP contribution in [0, 0.1) is 13.8 Å². The molecule has 0 fully saturated rings. The average Bonchev–Trinajstić information content (AvgIpc) is 3.26. The highest BCUT2D eigenvalue weighted by Gasteiger charge is 2.51. The van der Waals surface area contributed by atoms with Gasteiger partial charge in [-0.3, -0.25) is 15.0 Å². The van der Waals surface area contributed by atoms with E-state index in [2.05, 4.69) is 15.3 Å². The minimum absolute atomic E-state index is 0. The molecule has 4 aromatic rings. The summed E-state index contributed by atoms with van der Waals surface area (Å²) in [5.41, 5.74) is 3.08. The number of H-pyrrole nitrogens is 1. The minimum Gasteiger partial charge on any atom is -0.465 e. The van der Waals surface area contributed by atoms with Crippen LogP contribution in [0.25, 0.3) is 11.0 Å². The van der Waals surface area contributed by atoms with E-state index in [9.17, 15) is 14.7 Å². The molecule has 8 nitrogen and oxygen atoms in total. The van der Waals surface area contributed by atoms with E-state index in [0.717, 1.165) is 11.1 Å². The van der Waals surface area contributed by atoms with E-state index in [1.54, 1.807) is 42.5 Å². The number of aliphatic hydroxyl groups is 1. The van der Waals surface area contributed by atoms with Crippen molar-refractivity contribution < 1.29 is 19.8 Å². The second kappa shape index (κ2) is 7.91. The number of rotatable bonds is 3. The lowest BCUT2D eigenvalue weighted by Gasteiger charge is -2.36. The van der Waals surface area contributed by atoms with Crippen molar-refractivity contribution in [3.05, 3.63) is 88.5 Å². The van der Waals surface area contributed by atoms with Gasteiger partial charge in [-0.2, -0.15) is 0 Å². The Morgan fingerprint density at radius 2 is 1.85 bits per heavy atom. The predicted octanol–water partition coefficient (Wildman–Crippen LogP) is 4.55. The third kappa shape index (κ3) is 3.40. The number of imidazole rings is 1. The van der Waals surface area contributed by atoms with Gasteiger partial charge in [-0.25, -0.2) is 9.78 Å². The number of hydrogen-bond acceptors (Lipinski definition) is 4. The Hall–Kier alpha value is -3.88. The number of nitrogens with zero attached hydrogens (tertiary/aromatic N) is 2. The molecule has 1 unspecified atom stereocenters. The Morgan fingerprint density at radius 3 is 2.61 bits per heavy atom. The number of halogens is 1. The molecule has 4 N–H and O–H groups in total. The number of aromatic amines is 1. The number of amides is 2. The summed E-state index contributed by atoms with van der Waals surface area (Å²) in [6.07, 6.45) is -1.24. The summed E-state index contributed by atoms with van der Waals surface area (Å²) in [6, 6.07) is 17.8. The highest BCUT2D eigenvalue weighted by Crippen LogP contribution is 2.46. The molecule has 0 bridgehead atoms. The number of carboxylic acid groups (broad SMARTS) is 1.